The van der Waals surface area contributed by atoms with Gasteiger partial charge in [0.15, 0.2) is 0 Å². The van der Waals surface area contributed by atoms with Crippen molar-refractivity contribution in [2.24, 2.45) is 0 Å². The van der Waals surface area contributed by atoms with Gasteiger partial charge in [0.05, 0.1) is 24.2 Å². The maximum absolute atomic E-state index is 12.8. The Hall–Kier alpha value is -2.93. The zero-order valence-electron chi connectivity index (χ0n) is 16.5. The molecule has 0 aliphatic carbocycles. The number of hydrogen-bond donors (Lipinski definition) is 2. The van der Waals surface area contributed by atoms with Gasteiger partial charge in [-0.1, -0.05) is 12.1 Å². The van der Waals surface area contributed by atoms with Crippen LogP contribution < -0.4 is 10.1 Å². The highest BCUT2D eigenvalue weighted by Gasteiger charge is 2.18. The van der Waals surface area contributed by atoms with Crippen LogP contribution in [0.25, 0.3) is 21.9 Å². The second kappa shape index (κ2) is 8.61. The maximum Gasteiger partial charge on any atom is 0.240 e. The van der Waals surface area contributed by atoms with Gasteiger partial charge in [-0.05, 0) is 54.8 Å². The van der Waals surface area contributed by atoms with E-state index in [0.29, 0.717) is 0 Å². The molecule has 0 spiro atoms. The monoisotopic (exact) mass is 408 g/mol. The summed E-state index contributed by atoms with van der Waals surface area (Å²) < 4.78 is 7.23. The number of aromatic nitrogens is 3. The molecular weight excluding hydrogens is 384 g/mol. The minimum atomic E-state index is -0.149. The van der Waals surface area contributed by atoms with E-state index in [2.05, 4.69) is 21.5 Å². The number of nitrogens with one attached hydrogen (secondary N) is 2. The van der Waals surface area contributed by atoms with Gasteiger partial charge in [0.1, 0.15) is 18.1 Å². The number of carbonyl (C=O) groups excluding carboxylic acids is 1. The summed E-state index contributed by atoms with van der Waals surface area (Å²) in [6.45, 7) is 0.256. The lowest BCUT2D eigenvalue weighted by Crippen LogP contribution is -2.32. The molecule has 4 aromatic rings. The number of fused-ring (bicyclic) bond motifs is 2. The molecule has 0 saturated carbocycles. The minimum Gasteiger partial charge on any atom is -0.497 e. The molecule has 2 aromatic carbocycles. The third-order valence-corrected chi connectivity index (χ3v) is 5.62. The first-order chi connectivity index (χ1) is 14.2. The number of aromatic amines is 1. The number of imidazole rings is 1. The van der Waals surface area contributed by atoms with E-state index in [1.807, 2.05) is 59.3 Å². The predicted octanol–water partition coefficient (Wildman–Crippen LogP) is 4.14. The Balaban J connectivity index is 1.52. The average molecular weight is 409 g/mol. The number of carbonyl (C=O) groups is 1. The van der Waals surface area contributed by atoms with Crippen LogP contribution in [0, 0.1) is 0 Å². The first-order valence-corrected chi connectivity index (χ1v) is 10.9. The molecule has 0 unspecified atom stereocenters. The molecule has 0 saturated heterocycles. The highest BCUT2D eigenvalue weighted by Crippen LogP contribution is 2.23. The summed E-state index contributed by atoms with van der Waals surface area (Å²) in [5.41, 5.74) is 2.90. The summed E-state index contributed by atoms with van der Waals surface area (Å²) in [6.07, 6.45) is 4.82. The van der Waals surface area contributed by atoms with Crippen LogP contribution in [0.5, 0.6) is 5.75 Å². The molecule has 4 rings (SSSR count). The first-order valence-electron chi connectivity index (χ1n) is 9.54. The summed E-state index contributed by atoms with van der Waals surface area (Å²) in [6, 6.07) is 15.6. The molecule has 0 aliphatic heterocycles. The Morgan fingerprint density at radius 3 is 2.93 bits per heavy atom. The van der Waals surface area contributed by atoms with Gasteiger partial charge in [0.25, 0.3) is 0 Å². The van der Waals surface area contributed by atoms with Gasteiger partial charge < -0.3 is 19.6 Å². The average Bonchev–Trinajstić information content (AvgIpc) is 3.34. The van der Waals surface area contributed by atoms with E-state index in [4.69, 9.17) is 4.74 Å². The van der Waals surface area contributed by atoms with Crippen molar-refractivity contribution in [2.75, 3.05) is 19.1 Å². The van der Waals surface area contributed by atoms with Gasteiger partial charge in [0.2, 0.25) is 5.91 Å². The number of para-hydroxylation sites is 2. The first kappa shape index (κ1) is 19.4. The molecule has 150 valence electrons. The number of ether oxygens (including phenoxy) is 1. The lowest BCUT2D eigenvalue weighted by Gasteiger charge is -2.17. The summed E-state index contributed by atoms with van der Waals surface area (Å²) >= 11 is 1.76. The number of nitrogens with zero attached hydrogens (tertiary/aromatic N) is 2. The van der Waals surface area contributed by atoms with Crippen LogP contribution in [0.15, 0.2) is 54.7 Å². The van der Waals surface area contributed by atoms with Gasteiger partial charge >= 0.3 is 0 Å². The topological polar surface area (TPSA) is 71.9 Å². The van der Waals surface area contributed by atoms with Crippen molar-refractivity contribution in [3.8, 4) is 5.75 Å². The van der Waals surface area contributed by atoms with Crippen molar-refractivity contribution in [3.63, 3.8) is 0 Å². The lowest BCUT2D eigenvalue weighted by atomic mass is 10.2. The van der Waals surface area contributed by atoms with E-state index >= 15 is 0 Å². The van der Waals surface area contributed by atoms with Crippen molar-refractivity contribution in [2.45, 2.75) is 19.0 Å². The van der Waals surface area contributed by atoms with E-state index in [1.165, 1.54) is 0 Å². The van der Waals surface area contributed by atoms with Gasteiger partial charge in [-0.3, -0.25) is 4.79 Å². The van der Waals surface area contributed by atoms with E-state index in [9.17, 15) is 4.79 Å². The Morgan fingerprint density at radius 1 is 1.28 bits per heavy atom. The predicted molar refractivity (Wildman–Crippen MR) is 118 cm³/mol. The maximum atomic E-state index is 12.8. The SMILES string of the molecule is COc1ccc2c(ccn2CC(=O)N[C@@H](CCSC)c2nc3ccccc3[nH]2)c1. The van der Waals surface area contributed by atoms with E-state index in [1.54, 1.807) is 18.9 Å². The van der Waals surface area contributed by atoms with Crippen LogP contribution in [-0.4, -0.2) is 39.6 Å². The second-order valence-electron chi connectivity index (χ2n) is 6.91. The minimum absolute atomic E-state index is 0.0372. The standard InChI is InChI=1S/C22H24N4O2S/c1-28-16-7-8-20-15(13-16)9-11-26(20)14-21(27)23-19(10-12-29-2)22-24-17-5-3-4-6-18(17)25-22/h3-9,11,13,19H,10,12,14H2,1-2H3,(H,23,27)(H,24,25)/t19-/m0/s1. The molecule has 7 heteroatoms. The zero-order chi connectivity index (χ0) is 20.2. The van der Waals surface area contributed by atoms with Crippen molar-refractivity contribution in [3.05, 3.63) is 60.6 Å². The van der Waals surface area contributed by atoms with Gasteiger partial charge in [0, 0.05) is 17.1 Å². The highest BCUT2D eigenvalue weighted by atomic mass is 32.2. The third-order valence-electron chi connectivity index (χ3n) is 4.98. The van der Waals surface area contributed by atoms with Crippen molar-refractivity contribution in [1.82, 2.24) is 19.9 Å². The fourth-order valence-corrected chi connectivity index (χ4v) is 3.96. The Bertz CT molecular complexity index is 1100. The molecule has 29 heavy (non-hydrogen) atoms. The van der Waals surface area contributed by atoms with E-state index in [0.717, 1.165) is 45.7 Å². The van der Waals surface area contributed by atoms with Crippen LogP contribution in [0.2, 0.25) is 0 Å². The van der Waals surface area contributed by atoms with E-state index < -0.39 is 0 Å². The molecule has 1 amide bonds. The molecule has 0 fully saturated rings. The van der Waals surface area contributed by atoms with Crippen LogP contribution in [-0.2, 0) is 11.3 Å². The summed E-state index contributed by atoms with van der Waals surface area (Å²) in [5, 5.41) is 4.21. The smallest absolute Gasteiger partial charge is 0.240 e. The van der Waals surface area contributed by atoms with Crippen LogP contribution in [0.3, 0.4) is 0 Å². The molecular formula is C22H24N4O2S. The lowest BCUT2D eigenvalue weighted by molar-refractivity contribution is -0.122. The van der Waals surface area contributed by atoms with Gasteiger partial charge in [-0.15, -0.1) is 0 Å². The molecule has 1 atom stereocenters. The number of benzene rings is 2. The number of hydrogen-bond acceptors (Lipinski definition) is 4. The Morgan fingerprint density at radius 2 is 2.14 bits per heavy atom. The number of thioether (sulfide) groups is 1. The Labute approximate surface area is 173 Å². The van der Waals surface area contributed by atoms with Crippen molar-refractivity contribution in [1.29, 1.82) is 0 Å². The molecule has 2 N–H and O–H groups in total. The van der Waals surface area contributed by atoms with E-state index in [-0.39, 0.29) is 18.5 Å². The van der Waals surface area contributed by atoms with Gasteiger partial charge in [-0.2, -0.15) is 11.8 Å². The van der Waals surface area contributed by atoms with Crippen LogP contribution >= 0.6 is 11.8 Å². The fraction of sp³-hybridized carbons (Fsp3) is 0.273. The summed E-state index contributed by atoms with van der Waals surface area (Å²) in [7, 11) is 1.65. The highest BCUT2D eigenvalue weighted by molar-refractivity contribution is 7.98. The summed E-state index contributed by atoms with van der Waals surface area (Å²) in [4.78, 5) is 20.9. The van der Waals surface area contributed by atoms with Crippen LogP contribution in [0.1, 0.15) is 18.3 Å². The third kappa shape index (κ3) is 4.24. The van der Waals surface area contributed by atoms with Gasteiger partial charge in [-0.25, -0.2) is 4.98 Å². The largest absolute Gasteiger partial charge is 0.497 e. The van der Waals surface area contributed by atoms with Crippen LogP contribution in [0.4, 0.5) is 0 Å². The number of methoxy groups -OCH3 is 1. The van der Waals surface area contributed by atoms with Crippen molar-refractivity contribution < 1.29 is 9.53 Å². The zero-order valence-corrected chi connectivity index (χ0v) is 17.3. The normalized spacial score (nSPS) is 12.3. The molecule has 0 bridgehead atoms. The molecule has 0 radical (unpaired) electrons. The Kier molecular flexibility index (Phi) is 5.76. The number of H-pyrrole nitrogens is 1. The second-order valence-corrected chi connectivity index (χ2v) is 7.89. The molecule has 2 aromatic heterocycles. The molecule has 6 nitrogen and oxygen atoms in total. The quantitative estimate of drug-likeness (QED) is 0.460. The molecule has 2 heterocycles. The number of rotatable bonds is 8. The van der Waals surface area contributed by atoms with Crippen molar-refractivity contribution >= 4 is 39.6 Å². The summed E-state index contributed by atoms with van der Waals surface area (Å²) in [5.74, 6) is 2.51. The molecule has 0 aliphatic rings. The number of amides is 1. The fourth-order valence-electron chi connectivity index (χ4n) is 3.49.